The summed E-state index contributed by atoms with van der Waals surface area (Å²) in [4.78, 5) is 13.9. The van der Waals surface area contributed by atoms with Gasteiger partial charge in [-0.2, -0.15) is 0 Å². The Morgan fingerprint density at radius 3 is 2.20 bits per heavy atom. The summed E-state index contributed by atoms with van der Waals surface area (Å²) in [6.45, 7) is 0. The molecule has 0 atom stereocenters. The Bertz CT molecular complexity index is 2550. The predicted molar refractivity (Wildman–Crippen MR) is 166 cm³/mol. The molecule has 0 saturated carbocycles. The number of hydrogen-bond donors (Lipinski definition) is 0. The molecule has 0 radical (unpaired) electrons. The van der Waals surface area contributed by atoms with Crippen LogP contribution in [0.5, 0.6) is 0 Å². The summed E-state index contributed by atoms with van der Waals surface area (Å²) in [5.41, 5.74) is 13.0. The highest BCUT2D eigenvalue weighted by Crippen LogP contribution is 2.45. The van der Waals surface area contributed by atoms with Crippen LogP contribution in [0.25, 0.3) is 77.0 Å². The molecule has 0 bridgehead atoms. The average Bonchev–Trinajstić information content (AvgIpc) is 3.69. The van der Waals surface area contributed by atoms with E-state index in [4.69, 9.17) is 4.98 Å². The van der Waals surface area contributed by atoms with Crippen LogP contribution in [0.4, 0.5) is 0 Å². The van der Waals surface area contributed by atoms with Crippen LogP contribution < -0.4 is 0 Å². The van der Waals surface area contributed by atoms with E-state index >= 15 is 0 Å². The first-order valence-electron chi connectivity index (χ1n) is 13.9. The van der Waals surface area contributed by atoms with Gasteiger partial charge in [-0.25, -0.2) is 4.98 Å². The molecule has 1 aliphatic carbocycles. The zero-order valence-corrected chi connectivity index (χ0v) is 21.9. The molecule has 0 spiro atoms. The van der Waals surface area contributed by atoms with E-state index in [1.54, 1.807) is 0 Å². The van der Waals surface area contributed by atoms with Gasteiger partial charge in [0.1, 0.15) is 11.2 Å². The summed E-state index contributed by atoms with van der Waals surface area (Å²) in [6, 6.07) is 33.1. The first-order chi connectivity index (χ1) is 20.3. The normalized spacial score (nSPS) is 12.8. The number of imidazole rings is 1. The van der Waals surface area contributed by atoms with Crippen molar-refractivity contribution in [2.75, 3.05) is 0 Å². The van der Waals surface area contributed by atoms with Crippen LogP contribution in [0.2, 0.25) is 0 Å². The lowest BCUT2D eigenvalue weighted by Crippen LogP contribution is -1.94. The van der Waals surface area contributed by atoms with E-state index in [9.17, 15) is 0 Å². The van der Waals surface area contributed by atoms with Crippen LogP contribution in [0.3, 0.4) is 0 Å². The smallest absolute Gasteiger partial charge is 0.146 e. The van der Waals surface area contributed by atoms with Crippen LogP contribution >= 0.6 is 0 Å². The molecule has 5 aromatic heterocycles. The van der Waals surface area contributed by atoms with E-state index < -0.39 is 0 Å². The second-order valence-corrected chi connectivity index (χ2v) is 11.0. The molecule has 9 aromatic rings. The van der Waals surface area contributed by atoms with E-state index in [1.165, 1.54) is 55.1 Å². The Morgan fingerprint density at radius 1 is 0.537 bits per heavy atom. The monoisotopic (exact) mass is 523 g/mol. The van der Waals surface area contributed by atoms with Crippen molar-refractivity contribution in [1.29, 1.82) is 0 Å². The lowest BCUT2D eigenvalue weighted by Gasteiger charge is -2.11. The number of para-hydroxylation sites is 2. The third-order valence-corrected chi connectivity index (χ3v) is 8.85. The molecule has 4 aromatic carbocycles. The summed E-state index contributed by atoms with van der Waals surface area (Å²) < 4.78 is 4.66. The van der Waals surface area contributed by atoms with Crippen molar-refractivity contribution in [2.24, 2.45) is 0 Å². The molecular formula is C36H21N5. The summed E-state index contributed by atoms with van der Waals surface area (Å²) in [5.74, 6) is 0. The van der Waals surface area contributed by atoms with E-state index in [0.717, 1.165) is 39.4 Å². The third-order valence-electron chi connectivity index (χ3n) is 8.85. The SMILES string of the molecule is c1ccc(-n2c3ccccc3c3cc4c(cc32)-c2cc3c5cnccc5n5c6ccncc6nc5c3cc2C4)cc1. The fraction of sp³-hybridized carbons (Fsp3) is 0.0278. The quantitative estimate of drug-likeness (QED) is 0.204. The molecule has 1 aliphatic rings. The maximum absolute atomic E-state index is 5.06. The Balaban J connectivity index is 1.31. The number of rotatable bonds is 1. The van der Waals surface area contributed by atoms with Crippen molar-refractivity contribution in [3.8, 4) is 16.8 Å². The molecule has 10 rings (SSSR count). The van der Waals surface area contributed by atoms with Crippen molar-refractivity contribution < 1.29 is 0 Å². The minimum Gasteiger partial charge on any atom is -0.309 e. The minimum absolute atomic E-state index is 0.901. The van der Waals surface area contributed by atoms with Gasteiger partial charge in [0.2, 0.25) is 0 Å². The summed E-state index contributed by atoms with van der Waals surface area (Å²) in [7, 11) is 0. The molecule has 0 amide bonds. The number of pyridine rings is 3. The Hall–Kier alpha value is -5.55. The Labute approximate surface area is 234 Å². The number of benzene rings is 4. The second kappa shape index (κ2) is 7.55. The molecule has 0 N–H and O–H groups in total. The number of fused-ring (bicyclic) bond motifs is 14. The summed E-state index contributed by atoms with van der Waals surface area (Å²) in [5, 5.41) is 6.04. The molecular weight excluding hydrogens is 502 g/mol. The van der Waals surface area contributed by atoms with Gasteiger partial charge in [0.15, 0.2) is 0 Å². The fourth-order valence-corrected chi connectivity index (χ4v) is 7.11. The highest BCUT2D eigenvalue weighted by Gasteiger charge is 2.24. The first kappa shape index (κ1) is 21.3. The van der Waals surface area contributed by atoms with Gasteiger partial charge in [0.05, 0.1) is 28.3 Å². The number of nitrogens with zero attached hydrogens (tertiary/aromatic N) is 5. The zero-order valence-electron chi connectivity index (χ0n) is 21.9. The van der Waals surface area contributed by atoms with Crippen molar-refractivity contribution in [1.82, 2.24) is 23.9 Å². The van der Waals surface area contributed by atoms with Gasteiger partial charge in [-0.05, 0) is 88.7 Å². The van der Waals surface area contributed by atoms with Gasteiger partial charge in [0.25, 0.3) is 0 Å². The molecule has 0 aliphatic heterocycles. The van der Waals surface area contributed by atoms with Gasteiger partial charge >= 0.3 is 0 Å². The van der Waals surface area contributed by atoms with Crippen LogP contribution in [-0.4, -0.2) is 23.9 Å². The number of aromatic nitrogens is 5. The maximum Gasteiger partial charge on any atom is 0.146 e. The minimum atomic E-state index is 0.901. The van der Waals surface area contributed by atoms with Gasteiger partial charge in [-0.15, -0.1) is 0 Å². The molecule has 190 valence electrons. The predicted octanol–water partition coefficient (Wildman–Crippen LogP) is 8.25. The maximum atomic E-state index is 5.06. The molecule has 5 heteroatoms. The van der Waals surface area contributed by atoms with E-state index in [-0.39, 0.29) is 0 Å². The van der Waals surface area contributed by atoms with E-state index in [0.29, 0.717) is 0 Å². The Morgan fingerprint density at radius 2 is 1.29 bits per heavy atom. The van der Waals surface area contributed by atoms with Crippen molar-refractivity contribution in [3.05, 3.63) is 127 Å². The van der Waals surface area contributed by atoms with Crippen LogP contribution in [0.1, 0.15) is 11.1 Å². The second-order valence-electron chi connectivity index (χ2n) is 11.0. The molecule has 0 fully saturated rings. The van der Waals surface area contributed by atoms with Crippen molar-refractivity contribution in [3.63, 3.8) is 0 Å². The highest BCUT2D eigenvalue weighted by molar-refractivity contribution is 6.16. The van der Waals surface area contributed by atoms with Gasteiger partial charge < -0.3 is 4.57 Å². The van der Waals surface area contributed by atoms with E-state index in [1.807, 2.05) is 30.9 Å². The van der Waals surface area contributed by atoms with Crippen LogP contribution in [0.15, 0.2) is 116 Å². The zero-order chi connectivity index (χ0) is 26.7. The van der Waals surface area contributed by atoms with Crippen molar-refractivity contribution >= 4 is 60.2 Å². The average molecular weight is 524 g/mol. The summed E-state index contributed by atoms with van der Waals surface area (Å²) >= 11 is 0. The fourth-order valence-electron chi connectivity index (χ4n) is 7.11. The van der Waals surface area contributed by atoms with Crippen molar-refractivity contribution in [2.45, 2.75) is 6.42 Å². The molecule has 41 heavy (non-hydrogen) atoms. The van der Waals surface area contributed by atoms with Gasteiger partial charge in [0, 0.05) is 45.8 Å². The largest absolute Gasteiger partial charge is 0.309 e. The Kier molecular flexibility index (Phi) is 3.92. The van der Waals surface area contributed by atoms with Gasteiger partial charge in [-0.1, -0.05) is 36.4 Å². The molecule has 0 unspecified atom stereocenters. The van der Waals surface area contributed by atoms with Crippen LogP contribution in [-0.2, 0) is 6.42 Å². The number of hydrogen-bond acceptors (Lipinski definition) is 3. The third kappa shape index (κ3) is 2.72. The lowest BCUT2D eigenvalue weighted by molar-refractivity contribution is 1.18. The highest BCUT2D eigenvalue weighted by atomic mass is 15.0. The standard InChI is InChI=1S/C36H21N5/c1-2-6-23(7-3-1)40-32-9-5-4-8-24(32)28-15-21-14-22-16-29-27(17-25(22)26(21)18-35(28)40)30-19-37-12-10-33(30)41-34-11-13-38-20-31(34)39-36(29)41/h1-13,15-20H,14H2. The summed E-state index contributed by atoms with van der Waals surface area (Å²) in [6.07, 6.45) is 8.44. The molecule has 5 nitrogen and oxygen atoms in total. The lowest BCUT2D eigenvalue weighted by atomic mass is 9.98. The molecule has 0 saturated heterocycles. The molecule has 5 heterocycles. The van der Waals surface area contributed by atoms with Gasteiger partial charge in [-0.3, -0.25) is 14.4 Å². The van der Waals surface area contributed by atoms with E-state index in [2.05, 4.69) is 104 Å². The topological polar surface area (TPSA) is 48.0 Å². The first-order valence-corrected chi connectivity index (χ1v) is 13.9. The van der Waals surface area contributed by atoms with Crippen LogP contribution in [0, 0.1) is 0 Å².